The van der Waals surface area contributed by atoms with Crippen LogP contribution in [0.2, 0.25) is 0 Å². The highest BCUT2D eigenvalue weighted by Crippen LogP contribution is 1.95. The zero-order valence-electron chi connectivity index (χ0n) is 5.54. The van der Waals surface area contributed by atoms with Crippen molar-refractivity contribution >= 4 is 6.03 Å². The van der Waals surface area contributed by atoms with Crippen LogP contribution in [0.3, 0.4) is 0 Å². The molecule has 1 aliphatic heterocycles. The maximum Gasteiger partial charge on any atom is 0.341 e. The smallest absolute Gasteiger partial charge is 0.341 e. The predicted molar refractivity (Wildman–Crippen MR) is 32.7 cm³/mol. The summed E-state index contributed by atoms with van der Waals surface area (Å²) in [5.41, 5.74) is 1.57. The second-order valence-electron chi connectivity index (χ2n) is 2.02. The second kappa shape index (κ2) is 3.38. The molecule has 0 unspecified atom stereocenters. The third kappa shape index (κ3) is 1.58. The molecular weight excluding hydrogens is 136 g/mol. The molecule has 1 heterocycles. The van der Waals surface area contributed by atoms with Gasteiger partial charge in [0.25, 0.3) is 0 Å². The summed E-state index contributed by atoms with van der Waals surface area (Å²) >= 11 is 0. The van der Waals surface area contributed by atoms with Crippen molar-refractivity contribution in [3.8, 4) is 0 Å². The average Bonchev–Trinajstić information content (AvgIpc) is 2.05. The Hall–Kier alpha value is -0.810. The third-order valence-electron chi connectivity index (χ3n) is 1.39. The molecule has 0 aromatic rings. The van der Waals surface area contributed by atoms with E-state index in [0.717, 1.165) is 0 Å². The van der Waals surface area contributed by atoms with E-state index in [-0.39, 0.29) is 0 Å². The molecule has 1 aliphatic rings. The third-order valence-corrected chi connectivity index (χ3v) is 1.39. The predicted octanol–water partition coefficient (Wildman–Crippen LogP) is -0.583. The standard InChI is InChI=1S/C5H10N2O3/c8-5(6-9)7-1-3-10-4-2-7/h9H,1-4H2,(H,6,8). The van der Waals surface area contributed by atoms with Gasteiger partial charge in [-0.15, -0.1) is 0 Å². The molecule has 10 heavy (non-hydrogen) atoms. The number of nitrogens with zero attached hydrogens (tertiary/aromatic N) is 1. The van der Waals surface area contributed by atoms with Crippen LogP contribution in [0.1, 0.15) is 0 Å². The largest absolute Gasteiger partial charge is 0.378 e. The van der Waals surface area contributed by atoms with Crippen LogP contribution < -0.4 is 5.48 Å². The molecule has 2 amide bonds. The maximum absolute atomic E-state index is 10.7. The molecule has 2 N–H and O–H groups in total. The van der Waals surface area contributed by atoms with Crippen molar-refractivity contribution < 1.29 is 14.7 Å². The molecule has 0 atom stereocenters. The van der Waals surface area contributed by atoms with Crippen LogP contribution in [0.5, 0.6) is 0 Å². The minimum atomic E-state index is -0.455. The first kappa shape index (κ1) is 7.30. The fourth-order valence-corrected chi connectivity index (χ4v) is 0.837. The highest BCUT2D eigenvalue weighted by Gasteiger charge is 2.14. The van der Waals surface area contributed by atoms with Crippen LogP contribution in [0, 0.1) is 0 Å². The molecule has 1 saturated heterocycles. The zero-order valence-corrected chi connectivity index (χ0v) is 5.54. The van der Waals surface area contributed by atoms with Gasteiger partial charge in [0, 0.05) is 13.1 Å². The summed E-state index contributed by atoms with van der Waals surface area (Å²) in [5, 5.41) is 8.21. The molecule has 5 nitrogen and oxygen atoms in total. The Morgan fingerprint density at radius 3 is 2.60 bits per heavy atom. The lowest BCUT2D eigenvalue weighted by atomic mass is 10.4. The summed E-state index contributed by atoms with van der Waals surface area (Å²) < 4.78 is 4.99. The van der Waals surface area contributed by atoms with Crippen molar-refractivity contribution in [2.24, 2.45) is 0 Å². The van der Waals surface area contributed by atoms with Gasteiger partial charge in [-0.3, -0.25) is 5.21 Å². The number of urea groups is 1. The molecule has 0 aromatic heterocycles. The lowest BCUT2D eigenvalue weighted by Gasteiger charge is -2.25. The van der Waals surface area contributed by atoms with Gasteiger partial charge in [0.1, 0.15) is 0 Å². The van der Waals surface area contributed by atoms with Gasteiger partial charge in [0.05, 0.1) is 13.2 Å². The Morgan fingerprint density at radius 2 is 2.10 bits per heavy atom. The van der Waals surface area contributed by atoms with E-state index in [1.165, 1.54) is 4.90 Å². The SMILES string of the molecule is O=C(NO)N1CCOCC1. The number of rotatable bonds is 0. The van der Waals surface area contributed by atoms with E-state index in [1.807, 2.05) is 0 Å². The van der Waals surface area contributed by atoms with Crippen LogP contribution in [-0.4, -0.2) is 42.4 Å². The topological polar surface area (TPSA) is 61.8 Å². The monoisotopic (exact) mass is 146 g/mol. The Labute approximate surface area is 58.5 Å². The zero-order chi connectivity index (χ0) is 7.40. The first-order valence-electron chi connectivity index (χ1n) is 3.11. The highest BCUT2D eigenvalue weighted by atomic mass is 16.5. The van der Waals surface area contributed by atoms with Gasteiger partial charge in [-0.25, -0.2) is 10.3 Å². The Bertz CT molecular complexity index is 122. The fraction of sp³-hybridized carbons (Fsp3) is 0.800. The number of hydrogen-bond acceptors (Lipinski definition) is 3. The molecular formula is C5H10N2O3. The van der Waals surface area contributed by atoms with Crippen molar-refractivity contribution in [1.82, 2.24) is 10.4 Å². The summed E-state index contributed by atoms with van der Waals surface area (Å²) in [6.45, 7) is 2.19. The van der Waals surface area contributed by atoms with Crippen molar-refractivity contribution in [3.05, 3.63) is 0 Å². The van der Waals surface area contributed by atoms with Crippen LogP contribution in [0.4, 0.5) is 4.79 Å². The summed E-state index contributed by atoms with van der Waals surface area (Å²) in [6, 6.07) is -0.455. The molecule has 1 rings (SSSR count). The Morgan fingerprint density at radius 1 is 1.50 bits per heavy atom. The summed E-state index contributed by atoms with van der Waals surface area (Å²) in [4.78, 5) is 12.2. The van der Waals surface area contributed by atoms with Gasteiger partial charge in [-0.2, -0.15) is 0 Å². The molecule has 0 bridgehead atoms. The van der Waals surface area contributed by atoms with E-state index in [4.69, 9.17) is 9.94 Å². The van der Waals surface area contributed by atoms with Gasteiger partial charge < -0.3 is 9.64 Å². The number of amides is 2. The quantitative estimate of drug-likeness (QED) is 0.355. The molecule has 0 radical (unpaired) electrons. The minimum absolute atomic E-state index is 0.455. The van der Waals surface area contributed by atoms with E-state index in [9.17, 15) is 4.79 Å². The summed E-state index contributed by atoms with van der Waals surface area (Å²) in [5.74, 6) is 0. The van der Waals surface area contributed by atoms with Crippen molar-refractivity contribution in [2.75, 3.05) is 26.3 Å². The van der Waals surface area contributed by atoms with E-state index >= 15 is 0 Å². The van der Waals surface area contributed by atoms with Gasteiger partial charge in [-0.1, -0.05) is 0 Å². The number of nitrogens with one attached hydrogen (secondary N) is 1. The van der Waals surface area contributed by atoms with Crippen LogP contribution in [0.25, 0.3) is 0 Å². The first-order chi connectivity index (χ1) is 4.84. The van der Waals surface area contributed by atoms with Gasteiger partial charge in [0.15, 0.2) is 0 Å². The second-order valence-corrected chi connectivity index (χ2v) is 2.02. The number of hydrogen-bond donors (Lipinski definition) is 2. The lowest BCUT2D eigenvalue weighted by molar-refractivity contribution is 0.0418. The van der Waals surface area contributed by atoms with Crippen molar-refractivity contribution in [1.29, 1.82) is 0 Å². The van der Waals surface area contributed by atoms with Gasteiger partial charge in [-0.05, 0) is 0 Å². The molecule has 0 aliphatic carbocycles. The number of carbonyl (C=O) groups excluding carboxylic acids is 1. The van der Waals surface area contributed by atoms with E-state index in [1.54, 1.807) is 5.48 Å². The summed E-state index contributed by atoms with van der Waals surface area (Å²) in [7, 11) is 0. The minimum Gasteiger partial charge on any atom is -0.378 e. The Kier molecular flexibility index (Phi) is 2.47. The molecule has 5 heteroatoms. The van der Waals surface area contributed by atoms with Crippen LogP contribution >= 0.6 is 0 Å². The molecule has 0 aromatic carbocycles. The van der Waals surface area contributed by atoms with Crippen molar-refractivity contribution in [2.45, 2.75) is 0 Å². The average molecular weight is 146 g/mol. The van der Waals surface area contributed by atoms with Gasteiger partial charge >= 0.3 is 6.03 Å². The number of carbonyl (C=O) groups is 1. The summed E-state index contributed by atoms with van der Waals surface area (Å²) in [6.07, 6.45) is 0. The molecule has 0 spiro atoms. The van der Waals surface area contributed by atoms with E-state index < -0.39 is 6.03 Å². The molecule has 1 fully saturated rings. The highest BCUT2D eigenvalue weighted by molar-refractivity contribution is 5.72. The normalized spacial score (nSPS) is 18.7. The lowest BCUT2D eigenvalue weighted by Crippen LogP contribution is -2.45. The van der Waals surface area contributed by atoms with E-state index in [2.05, 4.69) is 0 Å². The maximum atomic E-state index is 10.7. The number of hydroxylamine groups is 1. The van der Waals surface area contributed by atoms with Crippen LogP contribution in [-0.2, 0) is 4.74 Å². The number of ether oxygens (including phenoxy) is 1. The van der Waals surface area contributed by atoms with Gasteiger partial charge in [0.2, 0.25) is 0 Å². The van der Waals surface area contributed by atoms with Crippen LogP contribution in [0.15, 0.2) is 0 Å². The number of morpholine rings is 1. The first-order valence-corrected chi connectivity index (χ1v) is 3.11. The molecule has 0 saturated carbocycles. The fourth-order valence-electron chi connectivity index (χ4n) is 0.837. The van der Waals surface area contributed by atoms with Crippen molar-refractivity contribution in [3.63, 3.8) is 0 Å². The molecule has 58 valence electrons. The van der Waals surface area contributed by atoms with E-state index in [0.29, 0.717) is 26.3 Å². The Balaban J connectivity index is 2.31.